The Kier molecular flexibility index (Phi) is 14.7. The molecule has 1 aromatic heterocycles. The van der Waals surface area contributed by atoms with E-state index in [1.165, 1.54) is 24.9 Å². The zero-order valence-corrected chi connectivity index (χ0v) is 25.5. The number of aromatic nitrogens is 3. The largest absolute Gasteiger partial charge is 0.426 e. The van der Waals surface area contributed by atoms with Gasteiger partial charge in [-0.1, -0.05) is 20.3 Å². The number of rotatable bonds is 11. The van der Waals surface area contributed by atoms with Gasteiger partial charge < -0.3 is 42.0 Å². The summed E-state index contributed by atoms with van der Waals surface area (Å²) in [5.41, 5.74) is 18.0. The number of anilines is 1. The molecule has 0 bridgehead atoms. The Labute approximate surface area is 247 Å². The van der Waals surface area contributed by atoms with Crippen molar-refractivity contribution in [2.45, 2.75) is 90.6 Å². The molecule has 2 amide bonds. The zero-order chi connectivity index (χ0) is 31.3. The summed E-state index contributed by atoms with van der Waals surface area (Å²) in [6.07, 6.45) is 4.58. The number of benzene rings is 1. The third kappa shape index (κ3) is 12.2. The lowest BCUT2D eigenvalue weighted by molar-refractivity contribution is -0.127. The number of nitrogens with zero attached hydrogens (tertiary/aromatic N) is 3. The number of carbonyl (C=O) groups excluding carboxylic acids is 2. The summed E-state index contributed by atoms with van der Waals surface area (Å²) in [6.45, 7) is 7.75. The molecule has 16 heteroatoms. The fraction of sp³-hybridized carbons (Fsp3) is 0.615. The highest BCUT2D eigenvalue weighted by Gasteiger charge is 2.31. The van der Waals surface area contributed by atoms with Crippen LogP contribution in [0.5, 0.6) is 5.75 Å². The van der Waals surface area contributed by atoms with Gasteiger partial charge in [-0.05, 0) is 64.3 Å². The number of unbranched alkanes of at least 4 members (excludes halogenated alkanes) is 1. The highest BCUT2D eigenvalue weighted by molar-refractivity contribution is 7.42. The van der Waals surface area contributed by atoms with Crippen molar-refractivity contribution in [1.82, 2.24) is 14.8 Å². The zero-order valence-electron chi connectivity index (χ0n) is 24.6. The summed E-state index contributed by atoms with van der Waals surface area (Å²) in [7, 11) is -1.59. The molecule has 15 nitrogen and oxygen atoms in total. The molecular weight excluding hydrogens is 569 g/mol. The quantitative estimate of drug-likeness (QED) is 0.121. The Morgan fingerprint density at radius 3 is 2.62 bits per heavy atom. The lowest BCUT2D eigenvalue weighted by Gasteiger charge is -2.25. The van der Waals surface area contributed by atoms with E-state index in [-0.39, 0.29) is 37.3 Å². The molecular formula is C26H44N7O8P. The lowest BCUT2D eigenvalue weighted by atomic mass is 10.1. The highest BCUT2D eigenvalue weighted by atomic mass is 31.2. The second-order valence-corrected chi connectivity index (χ2v) is 10.9. The number of hydrogen-bond donors (Lipinski definition) is 6. The van der Waals surface area contributed by atoms with Gasteiger partial charge in [0.25, 0.3) is 5.91 Å². The molecule has 4 unspecified atom stereocenters. The predicted molar refractivity (Wildman–Crippen MR) is 156 cm³/mol. The minimum Gasteiger partial charge on any atom is -0.426 e. The molecule has 9 N–H and O–H groups in total. The van der Waals surface area contributed by atoms with Gasteiger partial charge in [0.15, 0.2) is 12.0 Å². The maximum absolute atomic E-state index is 12.3. The summed E-state index contributed by atoms with van der Waals surface area (Å²) in [5.74, 6) is -1.84. The van der Waals surface area contributed by atoms with Gasteiger partial charge in [0.2, 0.25) is 11.7 Å². The molecule has 0 saturated carbocycles. The van der Waals surface area contributed by atoms with Gasteiger partial charge in [0.1, 0.15) is 12.1 Å². The van der Waals surface area contributed by atoms with Crippen LogP contribution in [0.3, 0.4) is 0 Å². The van der Waals surface area contributed by atoms with E-state index in [0.29, 0.717) is 30.8 Å². The molecule has 2 aliphatic heterocycles. The Bertz CT molecular complexity index is 1120. The maximum Gasteiger partial charge on any atom is 0.397 e. The SMILES string of the molecule is CC.CC(C)(O)O.NCCCCC(N)C(=O)Nc1ccc2c(c1)COP(OCC1CCC(n3cnc(C(N)=O)n3)O1)O2. The van der Waals surface area contributed by atoms with Crippen molar-refractivity contribution in [3.63, 3.8) is 0 Å². The number of primary amides is 1. The lowest BCUT2D eigenvalue weighted by Crippen LogP contribution is -2.35. The molecule has 1 saturated heterocycles. The molecule has 1 fully saturated rings. The normalized spacial score (nSPS) is 20.1. The third-order valence-electron chi connectivity index (χ3n) is 5.61. The molecule has 0 radical (unpaired) electrons. The van der Waals surface area contributed by atoms with Gasteiger partial charge in [-0.25, -0.2) is 9.67 Å². The molecule has 0 spiro atoms. The number of fused-ring (bicyclic) bond motifs is 1. The van der Waals surface area contributed by atoms with Crippen LogP contribution in [0, 0.1) is 0 Å². The first-order valence-electron chi connectivity index (χ1n) is 13.9. The summed E-state index contributed by atoms with van der Waals surface area (Å²) in [6, 6.07) is 4.74. The van der Waals surface area contributed by atoms with Gasteiger partial charge in [-0.3, -0.25) is 18.6 Å². The summed E-state index contributed by atoms with van der Waals surface area (Å²) in [4.78, 5) is 27.3. The van der Waals surface area contributed by atoms with E-state index in [0.717, 1.165) is 24.8 Å². The van der Waals surface area contributed by atoms with Crippen molar-refractivity contribution in [2.75, 3.05) is 18.5 Å². The second kappa shape index (κ2) is 17.4. The molecule has 4 rings (SSSR count). The Morgan fingerprint density at radius 1 is 1.26 bits per heavy atom. The smallest absolute Gasteiger partial charge is 0.397 e. The molecule has 1 aromatic carbocycles. The van der Waals surface area contributed by atoms with E-state index < -0.39 is 26.3 Å². The number of nitrogens with two attached hydrogens (primary N) is 3. The van der Waals surface area contributed by atoms with E-state index in [2.05, 4.69) is 15.4 Å². The molecule has 236 valence electrons. The third-order valence-corrected chi connectivity index (χ3v) is 6.65. The van der Waals surface area contributed by atoms with E-state index in [4.69, 9.17) is 45.7 Å². The molecule has 42 heavy (non-hydrogen) atoms. The van der Waals surface area contributed by atoms with Crippen molar-refractivity contribution < 1.29 is 38.1 Å². The number of carbonyl (C=O) groups is 2. The van der Waals surface area contributed by atoms with Crippen molar-refractivity contribution in [1.29, 1.82) is 0 Å². The van der Waals surface area contributed by atoms with Crippen LogP contribution >= 0.6 is 8.60 Å². The first-order valence-corrected chi connectivity index (χ1v) is 15.0. The van der Waals surface area contributed by atoms with Crippen LogP contribution in [-0.2, 0) is 25.2 Å². The van der Waals surface area contributed by atoms with Crippen LogP contribution < -0.4 is 27.0 Å². The van der Waals surface area contributed by atoms with E-state index in [9.17, 15) is 9.59 Å². The molecule has 2 aromatic rings. The fourth-order valence-corrected chi connectivity index (χ4v) is 4.75. The van der Waals surface area contributed by atoms with Gasteiger partial charge in [0, 0.05) is 11.3 Å². The van der Waals surface area contributed by atoms with Crippen LogP contribution in [0.15, 0.2) is 24.5 Å². The maximum atomic E-state index is 12.3. The summed E-state index contributed by atoms with van der Waals surface area (Å²) < 4.78 is 24.8. The van der Waals surface area contributed by atoms with Crippen molar-refractivity contribution >= 4 is 26.1 Å². The number of aliphatic hydroxyl groups is 2. The number of ether oxygens (including phenoxy) is 1. The van der Waals surface area contributed by atoms with Crippen LogP contribution in [-0.4, -0.2) is 67.9 Å². The van der Waals surface area contributed by atoms with Gasteiger partial charge >= 0.3 is 8.60 Å². The number of amides is 2. The monoisotopic (exact) mass is 613 g/mol. The Hall–Kier alpha value is -2.75. The van der Waals surface area contributed by atoms with Gasteiger partial charge in [-0.15, -0.1) is 5.10 Å². The van der Waals surface area contributed by atoms with Crippen LogP contribution in [0.2, 0.25) is 0 Å². The number of nitrogens with one attached hydrogen (secondary N) is 1. The average Bonchev–Trinajstić information content (AvgIpc) is 3.62. The summed E-state index contributed by atoms with van der Waals surface area (Å²) >= 11 is 0. The van der Waals surface area contributed by atoms with E-state index in [1.54, 1.807) is 18.2 Å². The predicted octanol–water partition coefficient (Wildman–Crippen LogP) is 2.04. The van der Waals surface area contributed by atoms with Gasteiger partial charge in [0.05, 0.1) is 25.4 Å². The van der Waals surface area contributed by atoms with Crippen LogP contribution in [0.25, 0.3) is 0 Å². The summed E-state index contributed by atoms with van der Waals surface area (Å²) in [5, 5.41) is 23.0. The molecule has 2 aliphatic rings. The van der Waals surface area contributed by atoms with Crippen molar-refractivity contribution in [3.05, 3.63) is 35.9 Å². The van der Waals surface area contributed by atoms with E-state index in [1.807, 2.05) is 13.8 Å². The van der Waals surface area contributed by atoms with Crippen molar-refractivity contribution in [3.8, 4) is 5.75 Å². The average molecular weight is 614 g/mol. The minimum absolute atomic E-state index is 0.0486. The fourth-order valence-electron chi connectivity index (χ4n) is 3.70. The molecule has 4 atom stereocenters. The number of hydrogen-bond acceptors (Lipinski definition) is 12. The Balaban J connectivity index is 0.000000797. The highest BCUT2D eigenvalue weighted by Crippen LogP contribution is 2.48. The van der Waals surface area contributed by atoms with Crippen LogP contribution in [0.4, 0.5) is 5.69 Å². The standard InChI is InChI=1S/C21H30N7O6P.C3H8O2.C2H6/c22-8-2-1-3-16(23)21(30)26-14-4-6-17-13(9-14)10-31-35(34-17)32-11-15-5-7-18(33-15)28-12-25-20(27-28)19(24)29;1-3(2,4)5;1-2/h4,6,9,12,15-16,18H,1-3,5,7-8,10-11,22-23H2,(H2,24,29)(H,26,30);4-5H,1-2H3;1-2H3. The molecule has 0 aliphatic carbocycles. The molecule has 3 heterocycles. The first-order chi connectivity index (χ1) is 19.9. The second-order valence-electron chi connectivity index (χ2n) is 9.78. The minimum atomic E-state index is -1.59. The topological polar surface area (TPSA) is 232 Å². The first kappa shape index (κ1) is 35.4. The van der Waals surface area contributed by atoms with Crippen molar-refractivity contribution in [2.24, 2.45) is 17.2 Å². The van der Waals surface area contributed by atoms with Gasteiger partial charge in [-0.2, -0.15) is 0 Å². The Morgan fingerprint density at radius 2 is 1.98 bits per heavy atom. The van der Waals surface area contributed by atoms with Crippen LogP contribution in [0.1, 0.15) is 82.2 Å². The van der Waals surface area contributed by atoms with E-state index >= 15 is 0 Å².